The highest BCUT2D eigenvalue weighted by Crippen LogP contribution is 2.18. The molecule has 0 aromatic carbocycles. The van der Waals surface area contributed by atoms with Crippen molar-refractivity contribution in [3.8, 4) is 11.6 Å². The van der Waals surface area contributed by atoms with Gasteiger partial charge in [-0.15, -0.1) is 5.10 Å². The van der Waals surface area contributed by atoms with Crippen LogP contribution >= 0.6 is 0 Å². The van der Waals surface area contributed by atoms with Gasteiger partial charge in [-0.2, -0.15) is 9.50 Å². The van der Waals surface area contributed by atoms with Gasteiger partial charge in [0.15, 0.2) is 5.76 Å². The number of amides is 1. The molecule has 3 aromatic heterocycles. The molecule has 0 spiro atoms. The molecule has 118 valence electrons. The number of nitrogens with one attached hydrogen (secondary N) is 2. The van der Waals surface area contributed by atoms with Gasteiger partial charge in [-0.3, -0.25) is 14.6 Å². The number of hydrogen-bond acceptors (Lipinski definition) is 6. The number of fused-ring (bicyclic) bond motifs is 1. The molecular formula is C14H13N5O4. The number of ether oxygens (including phenoxy) is 1. The van der Waals surface area contributed by atoms with Gasteiger partial charge in [0.05, 0.1) is 6.26 Å². The van der Waals surface area contributed by atoms with E-state index in [1.54, 1.807) is 12.1 Å². The predicted molar refractivity (Wildman–Crippen MR) is 78.9 cm³/mol. The second kappa shape index (κ2) is 5.36. The second-order valence-electron chi connectivity index (χ2n) is 5.16. The Hall–Kier alpha value is -2.94. The lowest BCUT2D eigenvalue weighted by atomic mass is 10.2. The highest BCUT2D eigenvalue weighted by atomic mass is 16.5. The molecule has 0 aliphatic carbocycles. The van der Waals surface area contributed by atoms with Gasteiger partial charge in [0.2, 0.25) is 11.6 Å². The first-order chi connectivity index (χ1) is 11.2. The van der Waals surface area contributed by atoms with E-state index < -0.39 is 11.7 Å². The predicted octanol–water partition coefficient (Wildman–Crippen LogP) is 0.795. The summed E-state index contributed by atoms with van der Waals surface area (Å²) in [6.45, 7) is 0.564. The number of carbonyl (C=O) groups excluding carboxylic acids is 1. The van der Waals surface area contributed by atoms with E-state index in [1.807, 2.05) is 0 Å². The molecule has 9 nitrogen and oxygen atoms in total. The molecule has 1 atom stereocenters. The third-order valence-electron chi connectivity index (χ3n) is 3.55. The summed E-state index contributed by atoms with van der Waals surface area (Å²) in [6.07, 6.45) is 2.50. The van der Waals surface area contributed by atoms with Crippen molar-refractivity contribution in [2.75, 3.05) is 11.9 Å². The Balaban J connectivity index is 1.73. The Morgan fingerprint density at radius 1 is 1.48 bits per heavy atom. The molecule has 4 rings (SSSR count). The molecule has 1 fully saturated rings. The first-order valence-corrected chi connectivity index (χ1v) is 7.17. The van der Waals surface area contributed by atoms with Crippen LogP contribution in [0.15, 0.2) is 33.7 Å². The van der Waals surface area contributed by atoms with E-state index in [2.05, 4.69) is 20.4 Å². The number of anilines is 1. The van der Waals surface area contributed by atoms with Crippen LogP contribution in [0.1, 0.15) is 12.8 Å². The minimum Gasteiger partial charge on any atom is -0.461 e. The number of rotatable bonds is 3. The molecule has 0 unspecified atom stereocenters. The molecular weight excluding hydrogens is 302 g/mol. The lowest BCUT2D eigenvalue weighted by Crippen LogP contribution is -2.28. The highest BCUT2D eigenvalue weighted by Gasteiger charge is 2.24. The molecule has 3 aromatic rings. The van der Waals surface area contributed by atoms with Crippen molar-refractivity contribution >= 4 is 17.5 Å². The van der Waals surface area contributed by atoms with Gasteiger partial charge in [0, 0.05) is 12.7 Å². The fourth-order valence-electron chi connectivity index (χ4n) is 2.48. The van der Waals surface area contributed by atoms with E-state index >= 15 is 0 Å². The van der Waals surface area contributed by atoms with E-state index in [-0.39, 0.29) is 17.5 Å². The summed E-state index contributed by atoms with van der Waals surface area (Å²) in [7, 11) is 0. The summed E-state index contributed by atoms with van der Waals surface area (Å²) in [5, 5.41) is 6.93. The molecule has 4 heterocycles. The average molecular weight is 315 g/mol. The smallest absolute Gasteiger partial charge is 0.254 e. The van der Waals surface area contributed by atoms with Crippen molar-refractivity contribution in [3.05, 3.63) is 34.8 Å². The van der Waals surface area contributed by atoms with Crippen LogP contribution in [0.25, 0.3) is 17.4 Å². The van der Waals surface area contributed by atoms with E-state index in [4.69, 9.17) is 9.15 Å². The monoisotopic (exact) mass is 315 g/mol. The first kappa shape index (κ1) is 13.7. The van der Waals surface area contributed by atoms with Gasteiger partial charge in [0.1, 0.15) is 11.9 Å². The molecule has 23 heavy (non-hydrogen) atoms. The summed E-state index contributed by atoms with van der Waals surface area (Å²) in [5.74, 6) is 0.918. The Kier molecular flexibility index (Phi) is 3.19. The van der Waals surface area contributed by atoms with Crippen LogP contribution in [-0.2, 0) is 9.53 Å². The standard InChI is InChI=1S/C14H13N5O4/c20-11-7-10(15-13(21)9-4-2-6-23-9)19-14(16-11)17-12(18-19)8-3-1-5-22-8/h1,3,5,7,9H,2,4,6H2,(H,15,21)(H,16,17,18,20)/t9-/m0/s1. The molecule has 0 radical (unpaired) electrons. The molecule has 1 aliphatic heterocycles. The maximum absolute atomic E-state index is 12.2. The number of aromatic amines is 1. The van der Waals surface area contributed by atoms with Crippen molar-refractivity contribution in [3.63, 3.8) is 0 Å². The summed E-state index contributed by atoms with van der Waals surface area (Å²) in [5.41, 5.74) is -0.390. The number of H-pyrrole nitrogens is 1. The lowest BCUT2D eigenvalue weighted by Gasteiger charge is -2.10. The van der Waals surface area contributed by atoms with Crippen LogP contribution in [-0.4, -0.2) is 38.2 Å². The van der Waals surface area contributed by atoms with Crippen LogP contribution < -0.4 is 10.9 Å². The maximum atomic E-state index is 12.2. The molecule has 9 heteroatoms. The van der Waals surface area contributed by atoms with Gasteiger partial charge in [-0.25, -0.2) is 0 Å². The van der Waals surface area contributed by atoms with Gasteiger partial charge in [0.25, 0.3) is 11.5 Å². The van der Waals surface area contributed by atoms with E-state index in [0.29, 0.717) is 24.6 Å². The Morgan fingerprint density at radius 3 is 3.13 bits per heavy atom. The SMILES string of the molecule is O=C(Nc1cc(=O)[nH]c2nc(-c3ccco3)nn12)[C@@H]1CCCO1. The van der Waals surface area contributed by atoms with Gasteiger partial charge < -0.3 is 14.5 Å². The third kappa shape index (κ3) is 2.50. The Morgan fingerprint density at radius 2 is 2.39 bits per heavy atom. The molecule has 0 saturated carbocycles. The lowest BCUT2D eigenvalue weighted by molar-refractivity contribution is -0.124. The van der Waals surface area contributed by atoms with Gasteiger partial charge in [-0.05, 0) is 25.0 Å². The molecule has 1 saturated heterocycles. The fraction of sp³-hybridized carbons (Fsp3) is 0.286. The first-order valence-electron chi connectivity index (χ1n) is 7.17. The number of nitrogens with zero attached hydrogens (tertiary/aromatic N) is 3. The summed E-state index contributed by atoms with van der Waals surface area (Å²) in [6, 6.07) is 4.67. The Labute approximate surface area is 129 Å². The molecule has 0 bridgehead atoms. The maximum Gasteiger partial charge on any atom is 0.254 e. The molecule has 1 amide bonds. The number of carbonyl (C=O) groups is 1. The van der Waals surface area contributed by atoms with Crippen molar-refractivity contribution in [1.29, 1.82) is 0 Å². The normalized spacial score (nSPS) is 17.7. The highest BCUT2D eigenvalue weighted by molar-refractivity contribution is 5.93. The zero-order valence-corrected chi connectivity index (χ0v) is 12.0. The average Bonchev–Trinajstić information content (AvgIpc) is 3.27. The molecule has 2 N–H and O–H groups in total. The number of hydrogen-bond donors (Lipinski definition) is 2. The van der Waals surface area contributed by atoms with Crippen LogP contribution in [0.2, 0.25) is 0 Å². The van der Waals surface area contributed by atoms with Gasteiger partial charge in [-0.1, -0.05) is 0 Å². The van der Waals surface area contributed by atoms with Crippen LogP contribution in [0.3, 0.4) is 0 Å². The van der Waals surface area contributed by atoms with E-state index in [1.165, 1.54) is 16.8 Å². The fourth-order valence-corrected chi connectivity index (χ4v) is 2.48. The van der Waals surface area contributed by atoms with Gasteiger partial charge >= 0.3 is 0 Å². The van der Waals surface area contributed by atoms with Crippen LogP contribution in [0.5, 0.6) is 0 Å². The second-order valence-corrected chi connectivity index (χ2v) is 5.16. The summed E-state index contributed by atoms with van der Waals surface area (Å²) >= 11 is 0. The Bertz CT molecular complexity index is 905. The zero-order valence-electron chi connectivity index (χ0n) is 12.0. The molecule has 1 aliphatic rings. The van der Waals surface area contributed by atoms with E-state index in [9.17, 15) is 9.59 Å². The van der Waals surface area contributed by atoms with Crippen molar-refractivity contribution in [1.82, 2.24) is 19.6 Å². The number of aromatic nitrogens is 4. The number of furan rings is 1. The summed E-state index contributed by atoms with van der Waals surface area (Å²) in [4.78, 5) is 30.7. The third-order valence-corrected chi connectivity index (χ3v) is 3.55. The quantitative estimate of drug-likeness (QED) is 0.738. The van der Waals surface area contributed by atoms with Crippen molar-refractivity contribution in [2.45, 2.75) is 18.9 Å². The van der Waals surface area contributed by atoms with Crippen LogP contribution in [0.4, 0.5) is 5.82 Å². The minimum absolute atomic E-state index is 0.214. The van der Waals surface area contributed by atoms with Crippen molar-refractivity contribution in [2.24, 2.45) is 0 Å². The summed E-state index contributed by atoms with van der Waals surface area (Å²) < 4.78 is 11.9. The topological polar surface area (TPSA) is 115 Å². The largest absolute Gasteiger partial charge is 0.461 e. The zero-order chi connectivity index (χ0) is 15.8. The minimum atomic E-state index is -0.502. The van der Waals surface area contributed by atoms with Crippen molar-refractivity contribution < 1.29 is 13.9 Å². The van der Waals surface area contributed by atoms with E-state index in [0.717, 1.165) is 6.42 Å². The van der Waals surface area contributed by atoms with Crippen LogP contribution in [0, 0.1) is 0 Å².